The van der Waals surface area contributed by atoms with Gasteiger partial charge in [-0.05, 0) is 54.6 Å². The predicted octanol–water partition coefficient (Wildman–Crippen LogP) is 13.0. The quantitative estimate of drug-likeness (QED) is 0.177. The van der Waals surface area contributed by atoms with Gasteiger partial charge in [0, 0.05) is 49.3 Å². The molecule has 6 heteroatoms. The van der Waals surface area contributed by atoms with E-state index in [0.29, 0.717) is 17.5 Å². The first kappa shape index (κ1) is 31.5. The zero-order valence-corrected chi connectivity index (χ0v) is 30.5. The van der Waals surface area contributed by atoms with Gasteiger partial charge in [0.05, 0.1) is 33.1 Å². The highest BCUT2D eigenvalue weighted by Gasteiger charge is 2.23. The van der Waals surface area contributed by atoms with Crippen LogP contribution in [0.1, 0.15) is 0 Å². The highest BCUT2D eigenvalue weighted by Crippen LogP contribution is 2.42. The van der Waals surface area contributed by atoms with Gasteiger partial charge in [0.15, 0.2) is 17.5 Å². The summed E-state index contributed by atoms with van der Waals surface area (Å²) in [5, 5.41) is 6.82. The van der Waals surface area contributed by atoms with Crippen molar-refractivity contribution in [1.29, 1.82) is 0 Å². The van der Waals surface area contributed by atoms with E-state index in [-0.39, 0.29) is 0 Å². The second kappa shape index (κ2) is 12.3. The maximum absolute atomic E-state index is 6.63. The van der Waals surface area contributed by atoms with E-state index < -0.39 is 0 Å². The summed E-state index contributed by atoms with van der Waals surface area (Å²) < 4.78 is 11.4. The molecule has 0 spiro atoms. The fourth-order valence-corrected chi connectivity index (χ4v) is 8.66. The second-order valence-corrected chi connectivity index (χ2v) is 14.4. The Morgan fingerprint density at radius 1 is 0.368 bits per heavy atom. The summed E-state index contributed by atoms with van der Waals surface area (Å²) in [5.41, 5.74) is 10.9. The molecule has 4 heterocycles. The number of benzene rings is 8. The summed E-state index contributed by atoms with van der Waals surface area (Å²) >= 11 is 0. The maximum Gasteiger partial charge on any atom is 0.166 e. The molecule has 12 aromatic rings. The first-order valence-corrected chi connectivity index (χ1v) is 19.1. The Kier molecular flexibility index (Phi) is 6.83. The van der Waals surface area contributed by atoms with Crippen LogP contribution in [0.25, 0.3) is 111 Å². The molecule has 0 radical (unpaired) electrons. The molecule has 0 bridgehead atoms. The number of rotatable bonds is 5. The van der Waals surface area contributed by atoms with E-state index >= 15 is 0 Å². The minimum absolute atomic E-state index is 0.595. The van der Waals surface area contributed by atoms with Crippen molar-refractivity contribution in [2.75, 3.05) is 0 Å². The molecule has 0 aliphatic carbocycles. The molecule has 8 aromatic carbocycles. The molecule has 0 atom stereocenters. The van der Waals surface area contributed by atoms with Crippen LogP contribution < -0.4 is 0 Å². The van der Waals surface area contributed by atoms with Gasteiger partial charge in [-0.15, -0.1) is 0 Å². The van der Waals surface area contributed by atoms with Gasteiger partial charge in [0.25, 0.3) is 0 Å². The Morgan fingerprint density at radius 3 is 1.54 bits per heavy atom. The first-order chi connectivity index (χ1) is 28.3. The molecule has 0 N–H and O–H groups in total. The van der Waals surface area contributed by atoms with Crippen LogP contribution in [-0.2, 0) is 0 Å². The summed E-state index contributed by atoms with van der Waals surface area (Å²) in [6, 6.07) is 65.5. The van der Waals surface area contributed by atoms with Crippen LogP contribution in [-0.4, -0.2) is 24.1 Å². The van der Waals surface area contributed by atoms with Crippen LogP contribution >= 0.6 is 0 Å². The number of hydrogen-bond donors (Lipinski definition) is 0. The molecule has 12 rings (SSSR count). The molecule has 0 saturated heterocycles. The Morgan fingerprint density at radius 2 is 0.895 bits per heavy atom. The normalized spacial score (nSPS) is 11.9. The molecule has 6 nitrogen and oxygen atoms in total. The van der Waals surface area contributed by atoms with E-state index in [1.165, 1.54) is 10.8 Å². The van der Waals surface area contributed by atoms with Crippen LogP contribution in [0.2, 0.25) is 0 Å². The van der Waals surface area contributed by atoms with Crippen LogP contribution in [0.4, 0.5) is 0 Å². The van der Waals surface area contributed by atoms with Gasteiger partial charge in [-0.25, -0.2) is 15.0 Å². The zero-order chi connectivity index (χ0) is 37.5. The van der Waals surface area contributed by atoms with Crippen molar-refractivity contribution >= 4 is 65.6 Å². The average Bonchev–Trinajstić information content (AvgIpc) is 3.94. The summed E-state index contributed by atoms with van der Waals surface area (Å²) in [6.07, 6.45) is 0. The van der Waals surface area contributed by atoms with Crippen molar-refractivity contribution in [2.45, 2.75) is 0 Å². The van der Waals surface area contributed by atoms with E-state index in [1.807, 2.05) is 72.8 Å². The van der Waals surface area contributed by atoms with E-state index in [4.69, 9.17) is 19.4 Å². The fraction of sp³-hybridized carbons (Fsp3) is 0. The second-order valence-electron chi connectivity index (χ2n) is 14.4. The summed E-state index contributed by atoms with van der Waals surface area (Å²) in [6.45, 7) is 0. The van der Waals surface area contributed by atoms with Gasteiger partial charge in [-0.1, -0.05) is 133 Å². The van der Waals surface area contributed by atoms with Crippen molar-refractivity contribution in [1.82, 2.24) is 24.1 Å². The smallest absolute Gasteiger partial charge is 0.166 e. The monoisotopic (exact) mass is 729 g/mol. The number of aromatic nitrogens is 5. The maximum atomic E-state index is 6.63. The van der Waals surface area contributed by atoms with Gasteiger partial charge in [0.1, 0.15) is 11.2 Å². The summed E-state index contributed by atoms with van der Waals surface area (Å²) in [7, 11) is 0. The Hall–Kier alpha value is -7.83. The van der Waals surface area contributed by atoms with Gasteiger partial charge < -0.3 is 13.6 Å². The summed E-state index contributed by atoms with van der Waals surface area (Å²) in [4.78, 5) is 15.5. The molecule has 266 valence electrons. The lowest BCUT2D eigenvalue weighted by Crippen LogP contribution is -2.05. The summed E-state index contributed by atoms with van der Waals surface area (Å²) in [5.74, 6) is 1.83. The molecule has 0 unspecified atom stereocenters. The molecule has 0 aliphatic heterocycles. The Labute approximate surface area is 326 Å². The lowest BCUT2D eigenvalue weighted by molar-refractivity contribution is 0.673. The molecule has 0 amide bonds. The van der Waals surface area contributed by atoms with E-state index in [1.54, 1.807) is 0 Å². The van der Waals surface area contributed by atoms with Gasteiger partial charge in [0.2, 0.25) is 0 Å². The Balaban J connectivity index is 1.18. The molecule has 57 heavy (non-hydrogen) atoms. The van der Waals surface area contributed by atoms with Crippen molar-refractivity contribution in [3.8, 4) is 45.5 Å². The molecule has 0 saturated carbocycles. The van der Waals surface area contributed by atoms with Crippen LogP contribution in [0.5, 0.6) is 0 Å². The number of furan rings is 1. The van der Waals surface area contributed by atoms with Crippen molar-refractivity contribution in [3.05, 3.63) is 188 Å². The minimum atomic E-state index is 0.595. The van der Waals surface area contributed by atoms with Crippen molar-refractivity contribution < 1.29 is 4.42 Å². The van der Waals surface area contributed by atoms with E-state index in [9.17, 15) is 0 Å². The van der Waals surface area contributed by atoms with Crippen LogP contribution in [0.3, 0.4) is 0 Å². The van der Waals surface area contributed by atoms with Crippen LogP contribution in [0.15, 0.2) is 192 Å². The van der Waals surface area contributed by atoms with Crippen molar-refractivity contribution in [2.24, 2.45) is 0 Å². The van der Waals surface area contributed by atoms with Crippen molar-refractivity contribution in [3.63, 3.8) is 0 Å². The highest BCUT2D eigenvalue weighted by molar-refractivity contribution is 6.24. The number of fused-ring (bicyclic) bond motifs is 10. The first-order valence-electron chi connectivity index (χ1n) is 19.1. The van der Waals surface area contributed by atoms with Gasteiger partial charge >= 0.3 is 0 Å². The topological polar surface area (TPSA) is 61.7 Å². The molecule has 4 aromatic heterocycles. The number of nitrogens with zero attached hydrogens (tertiary/aromatic N) is 5. The van der Waals surface area contributed by atoms with Gasteiger partial charge in [-0.3, -0.25) is 0 Å². The average molecular weight is 730 g/mol. The number of hydrogen-bond acceptors (Lipinski definition) is 4. The third-order valence-electron chi connectivity index (χ3n) is 11.2. The highest BCUT2D eigenvalue weighted by atomic mass is 16.3. The van der Waals surface area contributed by atoms with E-state index in [2.05, 4.69) is 124 Å². The molecule has 0 fully saturated rings. The van der Waals surface area contributed by atoms with E-state index in [0.717, 1.165) is 82.8 Å². The Bertz CT molecular complexity index is 3410. The predicted molar refractivity (Wildman–Crippen MR) is 232 cm³/mol. The molecule has 0 aliphatic rings. The molecular weight excluding hydrogens is 699 g/mol. The molecular formula is C51H31N5O. The standard InChI is InChI=1S/C51H31N5O/c1-3-15-32(16-4-1)49-52-50(33-17-5-2-6-18-33)54-51(53-49)40-28-27-34(31-45(40)56-41-23-11-7-19-35(41)36-20-8-12-24-42(36)56)55-43-25-13-9-22-39(43)47-44(55)30-29-38-37-21-10-14-26-46(37)57-48(38)47/h1-31H. The third-order valence-corrected chi connectivity index (χ3v) is 11.2. The minimum Gasteiger partial charge on any atom is -0.455 e. The lowest BCUT2D eigenvalue weighted by atomic mass is 10.1. The van der Waals surface area contributed by atoms with Crippen LogP contribution in [0, 0.1) is 0 Å². The zero-order valence-electron chi connectivity index (χ0n) is 30.5. The lowest BCUT2D eigenvalue weighted by Gasteiger charge is -2.17. The van der Waals surface area contributed by atoms with Gasteiger partial charge in [-0.2, -0.15) is 0 Å². The third kappa shape index (κ3) is 4.81. The SMILES string of the molecule is c1ccc(-c2nc(-c3ccccc3)nc(-c3ccc(-n4c5ccccc5c5c6oc7ccccc7c6ccc54)cc3-n3c4ccccc4c4ccccc43)n2)cc1. The largest absolute Gasteiger partial charge is 0.455 e. The fourth-order valence-electron chi connectivity index (χ4n) is 8.66. The number of para-hydroxylation sites is 4.